The van der Waals surface area contributed by atoms with Gasteiger partial charge in [0.2, 0.25) is 0 Å². The van der Waals surface area contributed by atoms with Crippen molar-refractivity contribution >= 4 is 11.6 Å². The first-order valence-electron chi connectivity index (χ1n) is 11.9. The molecule has 178 valence electrons. The van der Waals surface area contributed by atoms with Crippen molar-refractivity contribution in [3.63, 3.8) is 0 Å². The molecule has 0 atom stereocenters. The number of amides is 1. The van der Waals surface area contributed by atoms with Crippen molar-refractivity contribution in [2.45, 2.75) is 5.54 Å². The second-order valence-corrected chi connectivity index (χ2v) is 8.48. The minimum absolute atomic E-state index is 0.0456. The van der Waals surface area contributed by atoms with Crippen LogP contribution in [-0.4, -0.2) is 19.1 Å². The summed E-state index contributed by atoms with van der Waals surface area (Å²) in [7, 11) is 0. The van der Waals surface area contributed by atoms with E-state index in [0.717, 1.165) is 33.9 Å². The van der Waals surface area contributed by atoms with E-state index in [0.29, 0.717) is 18.8 Å². The molecule has 0 saturated heterocycles. The number of benzene rings is 4. The van der Waals surface area contributed by atoms with Crippen molar-refractivity contribution < 1.29 is 14.3 Å². The number of fused-ring (bicyclic) bond motifs is 1. The third kappa shape index (κ3) is 3.87. The van der Waals surface area contributed by atoms with Crippen LogP contribution in [0.1, 0.15) is 27.0 Å². The molecule has 4 heteroatoms. The fourth-order valence-corrected chi connectivity index (χ4v) is 4.90. The summed E-state index contributed by atoms with van der Waals surface area (Å²) in [6, 6.07) is 33.5. The molecule has 0 unspecified atom stereocenters. The molecule has 1 aliphatic heterocycles. The minimum atomic E-state index is -0.886. The standard InChI is InChI=1S/C32H27NO3/c1-3-22-35-27-18-14-24(15-19-27)32(25-16-20-28(21-17-25)36-23-4-2)30-13-9-8-12-29(30)31(34)33(32)26-10-6-5-7-11-26/h3-21H,1-2,22-23H2. The zero-order chi connectivity index (χ0) is 25.0. The summed E-state index contributed by atoms with van der Waals surface area (Å²) in [6.07, 6.45) is 3.43. The fraction of sp³-hybridized carbons (Fsp3) is 0.0938. The fourth-order valence-electron chi connectivity index (χ4n) is 4.90. The number of ether oxygens (including phenoxy) is 2. The molecule has 4 aromatic rings. The van der Waals surface area contributed by atoms with E-state index in [2.05, 4.69) is 13.2 Å². The number of hydrogen-bond acceptors (Lipinski definition) is 3. The van der Waals surface area contributed by atoms with Crippen molar-refractivity contribution in [2.24, 2.45) is 0 Å². The van der Waals surface area contributed by atoms with Crippen LogP contribution in [0.2, 0.25) is 0 Å². The number of carbonyl (C=O) groups excluding carboxylic acids is 1. The Labute approximate surface area is 211 Å². The van der Waals surface area contributed by atoms with Crippen LogP contribution in [0.15, 0.2) is 128 Å². The number of anilines is 1. The average molecular weight is 474 g/mol. The van der Waals surface area contributed by atoms with Crippen LogP contribution >= 0.6 is 0 Å². The second kappa shape index (κ2) is 9.96. The summed E-state index contributed by atoms with van der Waals surface area (Å²) in [5.74, 6) is 1.44. The highest BCUT2D eigenvalue weighted by molar-refractivity contribution is 6.13. The quantitative estimate of drug-likeness (QED) is 0.252. The van der Waals surface area contributed by atoms with Gasteiger partial charge in [-0.1, -0.05) is 86.0 Å². The van der Waals surface area contributed by atoms with Gasteiger partial charge in [-0.25, -0.2) is 0 Å². The lowest BCUT2D eigenvalue weighted by Crippen LogP contribution is -2.46. The van der Waals surface area contributed by atoms with E-state index in [1.165, 1.54) is 0 Å². The zero-order valence-electron chi connectivity index (χ0n) is 20.0. The van der Waals surface area contributed by atoms with E-state index in [4.69, 9.17) is 9.47 Å². The Morgan fingerprint density at radius 2 is 1.17 bits per heavy atom. The molecular weight excluding hydrogens is 446 g/mol. The lowest BCUT2D eigenvalue weighted by molar-refractivity contribution is 0.0986. The van der Waals surface area contributed by atoms with Crippen LogP contribution in [-0.2, 0) is 5.54 Å². The van der Waals surface area contributed by atoms with E-state index in [1.54, 1.807) is 12.2 Å². The molecule has 0 spiro atoms. The molecule has 0 radical (unpaired) electrons. The second-order valence-electron chi connectivity index (χ2n) is 8.48. The van der Waals surface area contributed by atoms with Gasteiger partial charge in [0.25, 0.3) is 5.91 Å². The lowest BCUT2D eigenvalue weighted by Gasteiger charge is -2.40. The van der Waals surface area contributed by atoms with Gasteiger partial charge < -0.3 is 9.47 Å². The zero-order valence-corrected chi connectivity index (χ0v) is 20.0. The van der Waals surface area contributed by atoms with E-state index < -0.39 is 5.54 Å². The third-order valence-electron chi connectivity index (χ3n) is 6.38. The Hall–Kier alpha value is -4.57. The predicted octanol–water partition coefficient (Wildman–Crippen LogP) is 6.77. The molecule has 1 aliphatic rings. The van der Waals surface area contributed by atoms with Crippen molar-refractivity contribution in [1.29, 1.82) is 0 Å². The first-order valence-corrected chi connectivity index (χ1v) is 11.9. The van der Waals surface area contributed by atoms with Gasteiger partial charge in [-0.05, 0) is 59.2 Å². The van der Waals surface area contributed by atoms with Crippen LogP contribution in [0.3, 0.4) is 0 Å². The van der Waals surface area contributed by atoms with Gasteiger partial charge in [-0.2, -0.15) is 0 Å². The molecule has 0 aromatic heterocycles. The molecule has 36 heavy (non-hydrogen) atoms. The highest BCUT2D eigenvalue weighted by Crippen LogP contribution is 2.51. The highest BCUT2D eigenvalue weighted by atomic mass is 16.5. The van der Waals surface area contributed by atoms with Crippen LogP contribution in [0, 0.1) is 0 Å². The maximum Gasteiger partial charge on any atom is 0.260 e. The van der Waals surface area contributed by atoms with Crippen LogP contribution in [0.4, 0.5) is 5.69 Å². The van der Waals surface area contributed by atoms with Crippen LogP contribution < -0.4 is 14.4 Å². The Morgan fingerprint density at radius 3 is 1.69 bits per heavy atom. The SMILES string of the molecule is C=CCOc1ccc(C2(c3ccc(OCC=C)cc3)c3ccccc3C(=O)N2c2ccccc2)cc1. The number of carbonyl (C=O) groups is 1. The number of para-hydroxylation sites is 1. The Kier molecular flexibility index (Phi) is 6.42. The van der Waals surface area contributed by atoms with Gasteiger partial charge in [0, 0.05) is 11.3 Å². The molecule has 1 heterocycles. The van der Waals surface area contributed by atoms with Gasteiger partial charge in [0.15, 0.2) is 0 Å². The van der Waals surface area contributed by atoms with Gasteiger partial charge in [0.1, 0.15) is 30.3 Å². The molecule has 1 amide bonds. The summed E-state index contributed by atoms with van der Waals surface area (Å²) >= 11 is 0. The molecule has 4 nitrogen and oxygen atoms in total. The van der Waals surface area contributed by atoms with Gasteiger partial charge in [0.05, 0.1) is 0 Å². The largest absolute Gasteiger partial charge is 0.490 e. The summed E-state index contributed by atoms with van der Waals surface area (Å²) in [5, 5.41) is 0. The Bertz CT molecular complexity index is 1320. The van der Waals surface area contributed by atoms with Crippen LogP contribution in [0.5, 0.6) is 11.5 Å². The first kappa shape index (κ1) is 23.2. The monoisotopic (exact) mass is 473 g/mol. The molecular formula is C32H27NO3. The van der Waals surface area contributed by atoms with Crippen molar-refractivity contribution in [3.05, 3.63) is 151 Å². The van der Waals surface area contributed by atoms with Crippen molar-refractivity contribution in [3.8, 4) is 11.5 Å². The van der Waals surface area contributed by atoms with E-state index in [-0.39, 0.29) is 5.91 Å². The average Bonchev–Trinajstić information content (AvgIpc) is 3.21. The predicted molar refractivity (Wildman–Crippen MR) is 144 cm³/mol. The molecule has 5 rings (SSSR count). The summed E-state index contributed by atoms with van der Waals surface area (Å²) < 4.78 is 11.5. The first-order chi connectivity index (χ1) is 17.7. The maximum atomic E-state index is 14.0. The summed E-state index contributed by atoms with van der Waals surface area (Å²) in [5.41, 5.74) is 3.45. The molecule has 0 N–H and O–H groups in total. The third-order valence-corrected chi connectivity index (χ3v) is 6.38. The van der Waals surface area contributed by atoms with Gasteiger partial charge >= 0.3 is 0 Å². The van der Waals surface area contributed by atoms with E-state index >= 15 is 0 Å². The minimum Gasteiger partial charge on any atom is -0.490 e. The van der Waals surface area contributed by atoms with Crippen molar-refractivity contribution in [2.75, 3.05) is 18.1 Å². The smallest absolute Gasteiger partial charge is 0.260 e. The highest BCUT2D eigenvalue weighted by Gasteiger charge is 2.52. The lowest BCUT2D eigenvalue weighted by atomic mass is 9.76. The molecule has 0 bridgehead atoms. The van der Waals surface area contributed by atoms with Crippen LogP contribution in [0.25, 0.3) is 0 Å². The Morgan fingerprint density at radius 1 is 0.667 bits per heavy atom. The summed E-state index contributed by atoms with van der Waals surface area (Å²) in [6.45, 7) is 8.30. The topological polar surface area (TPSA) is 38.8 Å². The van der Waals surface area contributed by atoms with Gasteiger partial charge in [-0.15, -0.1) is 0 Å². The maximum absolute atomic E-state index is 14.0. The molecule has 4 aromatic carbocycles. The number of hydrogen-bond donors (Lipinski definition) is 0. The molecule has 0 saturated carbocycles. The van der Waals surface area contributed by atoms with E-state index in [1.807, 2.05) is 108 Å². The normalized spacial score (nSPS) is 13.7. The molecule has 0 aliphatic carbocycles. The van der Waals surface area contributed by atoms with Gasteiger partial charge in [-0.3, -0.25) is 9.69 Å². The molecule has 0 fully saturated rings. The van der Waals surface area contributed by atoms with Crippen molar-refractivity contribution in [1.82, 2.24) is 0 Å². The Balaban J connectivity index is 1.76. The summed E-state index contributed by atoms with van der Waals surface area (Å²) in [4.78, 5) is 15.9. The number of rotatable bonds is 9. The van der Waals surface area contributed by atoms with E-state index in [9.17, 15) is 4.79 Å². The number of nitrogens with zero attached hydrogens (tertiary/aromatic N) is 1.